The minimum absolute atomic E-state index is 0.0107. The highest BCUT2D eigenvalue weighted by Gasteiger charge is 2.49. The van der Waals surface area contributed by atoms with E-state index in [4.69, 9.17) is 9.15 Å². The van der Waals surface area contributed by atoms with Gasteiger partial charge in [0.15, 0.2) is 5.58 Å². The summed E-state index contributed by atoms with van der Waals surface area (Å²) in [5, 5.41) is 3.30. The Hall–Kier alpha value is -2.28. The molecule has 3 aliphatic rings. The molecule has 2 aromatic heterocycles. The van der Waals surface area contributed by atoms with Gasteiger partial charge in [-0.3, -0.25) is 9.59 Å². The van der Waals surface area contributed by atoms with Crippen LogP contribution in [-0.4, -0.2) is 52.1 Å². The van der Waals surface area contributed by atoms with Crippen LogP contribution in [0.4, 0.5) is 0 Å². The number of nitrogens with one attached hydrogen (secondary N) is 1. The molecular weight excluding hydrogens is 382 g/mol. The fourth-order valence-electron chi connectivity index (χ4n) is 5.32. The summed E-state index contributed by atoms with van der Waals surface area (Å²) < 4.78 is 13.3. The molecule has 2 atom stereocenters. The molecule has 162 valence electrons. The zero-order chi connectivity index (χ0) is 20.7. The summed E-state index contributed by atoms with van der Waals surface area (Å²) in [7, 11) is 0. The van der Waals surface area contributed by atoms with Crippen molar-refractivity contribution < 1.29 is 18.7 Å². The van der Waals surface area contributed by atoms with Gasteiger partial charge in [0.1, 0.15) is 11.2 Å². The number of ether oxygens (including phenoxy) is 1. The maximum atomic E-state index is 13.7. The fraction of sp³-hybridized carbons (Fsp3) is 0.652. The van der Waals surface area contributed by atoms with E-state index < -0.39 is 5.54 Å². The van der Waals surface area contributed by atoms with Gasteiger partial charge in [-0.1, -0.05) is 25.7 Å². The third-order valence-electron chi connectivity index (χ3n) is 7.14. The van der Waals surface area contributed by atoms with Gasteiger partial charge in [0.2, 0.25) is 5.91 Å². The minimum Gasteiger partial charge on any atom is -0.463 e. The lowest BCUT2D eigenvalue weighted by Crippen LogP contribution is -2.66. The molecule has 1 saturated carbocycles. The Labute approximate surface area is 176 Å². The van der Waals surface area contributed by atoms with Crippen LogP contribution in [0.25, 0.3) is 11.1 Å². The van der Waals surface area contributed by atoms with Crippen LogP contribution in [0.3, 0.4) is 0 Å². The summed E-state index contributed by atoms with van der Waals surface area (Å²) in [6, 6.07) is 3.85. The maximum Gasteiger partial charge on any atom is 0.271 e. The van der Waals surface area contributed by atoms with Crippen LogP contribution in [0.1, 0.15) is 68.8 Å². The van der Waals surface area contributed by atoms with Gasteiger partial charge in [-0.2, -0.15) is 0 Å². The molecule has 2 amide bonds. The molecule has 1 N–H and O–H groups in total. The number of carbonyl (C=O) groups is 2. The molecule has 1 aliphatic carbocycles. The van der Waals surface area contributed by atoms with Gasteiger partial charge in [-0.25, -0.2) is 0 Å². The molecule has 0 radical (unpaired) electrons. The van der Waals surface area contributed by atoms with E-state index in [9.17, 15) is 9.59 Å². The lowest BCUT2D eigenvalue weighted by Gasteiger charge is -2.45. The van der Waals surface area contributed by atoms with Crippen LogP contribution < -0.4 is 5.32 Å². The van der Waals surface area contributed by atoms with Gasteiger partial charge in [0, 0.05) is 31.3 Å². The van der Waals surface area contributed by atoms with Crippen molar-refractivity contribution in [2.24, 2.45) is 0 Å². The van der Waals surface area contributed by atoms with Gasteiger partial charge in [0.05, 0.1) is 24.4 Å². The number of aromatic nitrogens is 1. The van der Waals surface area contributed by atoms with Gasteiger partial charge < -0.3 is 23.9 Å². The number of furan rings is 1. The van der Waals surface area contributed by atoms with E-state index in [0.717, 1.165) is 50.6 Å². The topological polar surface area (TPSA) is 76.7 Å². The number of carbonyl (C=O) groups excluding carboxylic acids is 2. The van der Waals surface area contributed by atoms with Crippen LogP contribution in [0, 0.1) is 0 Å². The molecule has 0 unspecified atom stereocenters. The highest BCUT2D eigenvalue weighted by Crippen LogP contribution is 2.34. The number of rotatable bonds is 4. The van der Waals surface area contributed by atoms with Crippen molar-refractivity contribution in [1.29, 1.82) is 0 Å². The molecule has 2 aliphatic heterocycles. The Kier molecular flexibility index (Phi) is 5.09. The molecular formula is C23H31N3O4. The summed E-state index contributed by atoms with van der Waals surface area (Å²) in [6.07, 6.45) is 10.3. The minimum atomic E-state index is -0.967. The Morgan fingerprint density at radius 1 is 1.20 bits per heavy atom. The van der Waals surface area contributed by atoms with E-state index in [1.165, 1.54) is 12.8 Å². The molecule has 4 heterocycles. The van der Waals surface area contributed by atoms with E-state index in [0.29, 0.717) is 24.4 Å². The normalized spacial score (nSPS) is 28.0. The Morgan fingerprint density at radius 3 is 2.73 bits per heavy atom. The Morgan fingerprint density at radius 2 is 2.00 bits per heavy atom. The molecule has 0 aromatic carbocycles. The smallest absolute Gasteiger partial charge is 0.271 e. The molecule has 0 bridgehead atoms. The Balaban J connectivity index is 1.47. The van der Waals surface area contributed by atoms with Crippen molar-refractivity contribution in [2.75, 3.05) is 13.2 Å². The van der Waals surface area contributed by atoms with Crippen LogP contribution >= 0.6 is 0 Å². The first-order chi connectivity index (χ1) is 14.6. The monoisotopic (exact) mass is 413 g/mol. The first-order valence-electron chi connectivity index (χ1n) is 11.4. The summed E-state index contributed by atoms with van der Waals surface area (Å²) in [6.45, 7) is 3.49. The van der Waals surface area contributed by atoms with E-state index >= 15 is 0 Å². The zero-order valence-electron chi connectivity index (χ0n) is 17.7. The molecule has 2 fully saturated rings. The third-order valence-corrected chi connectivity index (χ3v) is 7.14. The van der Waals surface area contributed by atoms with E-state index in [2.05, 4.69) is 5.32 Å². The van der Waals surface area contributed by atoms with Gasteiger partial charge in [-0.05, 0) is 32.6 Å². The van der Waals surface area contributed by atoms with E-state index in [1.807, 2.05) is 17.6 Å². The summed E-state index contributed by atoms with van der Waals surface area (Å²) in [5.74, 6) is -0.182. The second-order valence-electron chi connectivity index (χ2n) is 9.27. The van der Waals surface area contributed by atoms with Crippen LogP contribution in [0.5, 0.6) is 0 Å². The lowest BCUT2D eigenvalue weighted by atomic mass is 9.93. The van der Waals surface area contributed by atoms with Crippen molar-refractivity contribution in [3.63, 3.8) is 0 Å². The number of amides is 2. The second kappa shape index (κ2) is 7.76. The van der Waals surface area contributed by atoms with Crippen molar-refractivity contribution in [1.82, 2.24) is 14.8 Å². The zero-order valence-corrected chi connectivity index (χ0v) is 17.7. The predicted molar refractivity (Wildman–Crippen MR) is 112 cm³/mol. The number of hydrogen-bond donors (Lipinski definition) is 1. The first-order valence-corrected chi connectivity index (χ1v) is 11.4. The van der Waals surface area contributed by atoms with Gasteiger partial charge in [0.25, 0.3) is 5.91 Å². The number of nitrogens with zero attached hydrogens (tertiary/aromatic N) is 2. The Bertz CT molecular complexity index is 934. The maximum absolute atomic E-state index is 13.7. The molecule has 2 aromatic rings. The van der Waals surface area contributed by atoms with Crippen LogP contribution in [-0.2, 0) is 16.1 Å². The first kappa shape index (κ1) is 19.7. The van der Waals surface area contributed by atoms with Crippen molar-refractivity contribution in [3.05, 3.63) is 24.1 Å². The third kappa shape index (κ3) is 3.33. The lowest BCUT2D eigenvalue weighted by molar-refractivity contribution is -0.134. The van der Waals surface area contributed by atoms with Gasteiger partial charge >= 0.3 is 0 Å². The quantitative estimate of drug-likeness (QED) is 0.779. The molecule has 7 heteroatoms. The fourth-order valence-corrected chi connectivity index (χ4v) is 5.32. The van der Waals surface area contributed by atoms with E-state index in [1.54, 1.807) is 17.2 Å². The molecule has 30 heavy (non-hydrogen) atoms. The highest BCUT2D eigenvalue weighted by molar-refractivity contribution is 6.03. The predicted octanol–water partition coefficient (Wildman–Crippen LogP) is 3.47. The molecule has 0 spiro atoms. The molecule has 7 nitrogen and oxygen atoms in total. The van der Waals surface area contributed by atoms with Crippen molar-refractivity contribution in [3.8, 4) is 0 Å². The average Bonchev–Trinajstić information content (AvgIpc) is 3.42. The summed E-state index contributed by atoms with van der Waals surface area (Å²) in [5.41, 5.74) is 1.17. The van der Waals surface area contributed by atoms with Crippen molar-refractivity contribution >= 4 is 22.9 Å². The average molecular weight is 414 g/mol. The second-order valence-corrected chi connectivity index (χ2v) is 9.27. The molecule has 5 rings (SSSR count). The van der Waals surface area contributed by atoms with Gasteiger partial charge in [-0.15, -0.1) is 0 Å². The molecule has 1 saturated heterocycles. The number of hydrogen-bond acceptors (Lipinski definition) is 4. The van der Waals surface area contributed by atoms with E-state index in [-0.39, 0.29) is 24.0 Å². The summed E-state index contributed by atoms with van der Waals surface area (Å²) >= 11 is 0. The highest BCUT2D eigenvalue weighted by atomic mass is 16.5. The van der Waals surface area contributed by atoms with Crippen LogP contribution in [0.2, 0.25) is 0 Å². The SMILES string of the molecule is C[C@@]1(C(=O)NC2CCCCCC2)Cn2c(cc3occc32)C(=O)N1C[C@@H]1CCCO1. The largest absolute Gasteiger partial charge is 0.463 e. The standard InChI is InChI=1S/C23H31N3O4/c1-23(22(28)24-16-7-4-2-3-5-8-16)15-25-18-10-12-30-20(18)13-19(25)21(27)26(23)14-17-9-6-11-29-17/h10,12-13,16-17H,2-9,11,14-15H2,1H3,(H,24,28)/t17-,23-/m0/s1. The van der Waals surface area contributed by atoms with Crippen LogP contribution in [0.15, 0.2) is 22.8 Å². The number of fused-ring (bicyclic) bond motifs is 3. The van der Waals surface area contributed by atoms with Crippen molar-refractivity contribution in [2.45, 2.75) is 82.5 Å². The summed E-state index contributed by atoms with van der Waals surface area (Å²) in [4.78, 5) is 29.0.